The van der Waals surface area contributed by atoms with Gasteiger partial charge in [0.1, 0.15) is 6.10 Å². The van der Waals surface area contributed by atoms with E-state index in [4.69, 9.17) is 16.2 Å². The molecule has 0 heterocycles. The number of nitrogen functional groups attached to an aromatic ring is 1. The first-order valence-electron chi connectivity index (χ1n) is 6.14. The van der Waals surface area contributed by atoms with Crippen LogP contribution in [0.15, 0.2) is 18.2 Å². The number of hydrogen-bond acceptors (Lipinski definition) is 6. The van der Waals surface area contributed by atoms with Crippen molar-refractivity contribution in [1.29, 1.82) is 0 Å². The maximum atomic E-state index is 11.6. The molecule has 19 heavy (non-hydrogen) atoms. The molecule has 0 amide bonds. The summed E-state index contributed by atoms with van der Waals surface area (Å²) in [5, 5.41) is 19.7. The third kappa shape index (κ3) is 3.92. The van der Waals surface area contributed by atoms with Crippen LogP contribution < -0.4 is 11.5 Å². The number of ether oxygens (including phenoxy) is 1. The Balaban J connectivity index is 2.99. The van der Waals surface area contributed by atoms with Gasteiger partial charge in [0.05, 0.1) is 18.3 Å². The van der Waals surface area contributed by atoms with E-state index in [1.54, 1.807) is 6.92 Å². The smallest absolute Gasteiger partial charge is 0.338 e. The minimum absolute atomic E-state index is 0.240. The second-order valence-electron chi connectivity index (χ2n) is 4.15. The van der Waals surface area contributed by atoms with Crippen molar-refractivity contribution in [2.24, 2.45) is 5.73 Å². The minimum atomic E-state index is -1.18. The summed E-state index contributed by atoms with van der Waals surface area (Å²) in [6, 6.07) is 4.44. The largest absolute Gasteiger partial charge is 0.462 e. The van der Waals surface area contributed by atoms with E-state index in [2.05, 4.69) is 0 Å². The van der Waals surface area contributed by atoms with Crippen molar-refractivity contribution in [3.63, 3.8) is 0 Å². The molecule has 6 N–H and O–H groups in total. The number of carbonyl (C=O) groups is 1. The van der Waals surface area contributed by atoms with Crippen molar-refractivity contribution >= 4 is 11.7 Å². The van der Waals surface area contributed by atoms with E-state index in [-0.39, 0.29) is 25.1 Å². The SMILES string of the molecule is CCOC(=O)c1ccc(N)c(C(O)C(O)CCN)c1. The molecule has 0 spiro atoms. The van der Waals surface area contributed by atoms with Crippen LogP contribution in [0.4, 0.5) is 5.69 Å². The monoisotopic (exact) mass is 268 g/mol. The zero-order valence-corrected chi connectivity index (χ0v) is 10.9. The highest BCUT2D eigenvalue weighted by atomic mass is 16.5. The molecule has 2 unspecified atom stereocenters. The Morgan fingerprint density at radius 3 is 2.68 bits per heavy atom. The molecule has 2 atom stereocenters. The Bertz CT molecular complexity index is 437. The molecule has 1 aromatic carbocycles. The number of carbonyl (C=O) groups excluding carboxylic acids is 1. The number of rotatable bonds is 6. The fourth-order valence-electron chi connectivity index (χ4n) is 1.71. The van der Waals surface area contributed by atoms with Crippen LogP contribution in [0.5, 0.6) is 0 Å². The predicted molar refractivity (Wildman–Crippen MR) is 71.4 cm³/mol. The predicted octanol–water partition coefficient (Wildman–Crippen LogP) is 0.189. The summed E-state index contributed by atoms with van der Waals surface area (Å²) in [5.41, 5.74) is 12.0. The quantitative estimate of drug-likeness (QED) is 0.432. The van der Waals surface area contributed by atoms with E-state index >= 15 is 0 Å². The summed E-state index contributed by atoms with van der Waals surface area (Å²) < 4.78 is 4.87. The summed E-state index contributed by atoms with van der Waals surface area (Å²) in [5.74, 6) is -0.496. The van der Waals surface area contributed by atoms with Crippen LogP contribution in [-0.2, 0) is 4.74 Å². The first-order chi connectivity index (χ1) is 9.01. The summed E-state index contributed by atoms with van der Waals surface area (Å²) in [7, 11) is 0. The van der Waals surface area contributed by atoms with Gasteiger partial charge in [0.15, 0.2) is 0 Å². The van der Waals surface area contributed by atoms with Crippen molar-refractivity contribution in [3.05, 3.63) is 29.3 Å². The first kappa shape index (κ1) is 15.4. The summed E-state index contributed by atoms with van der Waals surface area (Å²) in [6.45, 7) is 2.21. The van der Waals surface area contributed by atoms with E-state index in [9.17, 15) is 15.0 Å². The zero-order valence-electron chi connectivity index (χ0n) is 10.9. The van der Waals surface area contributed by atoms with Gasteiger partial charge in [-0.2, -0.15) is 0 Å². The molecule has 6 nitrogen and oxygen atoms in total. The number of aliphatic hydroxyl groups excluding tert-OH is 2. The van der Waals surface area contributed by atoms with Gasteiger partial charge in [-0.15, -0.1) is 0 Å². The van der Waals surface area contributed by atoms with E-state index in [0.29, 0.717) is 11.3 Å². The fraction of sp³-hybridized carbons (Fsp3) is 0.462. The Hall–Kier alpha value is -1.63. The zero-order chi connectivity index (χ0) is 14.4. The molecular weight excluding hydrogens is 248 g/mol. The molecule has 0 aromatic heterocycles. The second-order valence-corrected chi connectivity index (χ2v) is 4.15. The average Bonchev–Trinajstić information content (AvgIpc) is 2.39. The molecule has 0 saturated heterocycles. The number of hydrogen-bond donors (Lipinski definition) is 4. The van der Waals surface area contributed by atoms with Crippen molar-refractivity contribution in [1.82, 2.24) is 0 Å². The summed E-state index contributed by atoms with van der Waals surface area (Å²) in [6.07, 6.45) is -1.97. The molecule has 0 saturated carbocycles. The lowest BCUT2D eigenvalue weighted by Gasteiger charge is -2.19. The maximum absolute atomic E-state index is 11.6. The number of esters is 1. The first-order valence-corrected chi connectivity index (χ1v) is 6.14. The van der Waals surface area contributed by atoms with E-state index in [1.807, 2.05) is 0 Å². The van der Waals surface area contributed by atoms with Crippen LogP contribution in [0.25, 0.3) is 0 Å². The molecule has 1 aromatic rings. The molecule has 106 valence electrons. The van der Waals surface area contributed by atoms with E-state index < -0.39 is 18.2 Å². The van der Waals surface area contributed by atoms with E-state index in [1.165, 1.54) is 18.2 Å². The van der Waals surface area contributed by atoms with Crippen molar-refractivity contribution in [2.45, 2.75) is 25.6 Å². The van der Waals surface area contributed by atoms with Gasteiger partial charge in [0, 0.05) is 11.3 Å². The van der Waals surface area contributed by atoms with Crippen molar-refractivity contribution in [3.8, 4) is 0 Å². The van der Waals surface area contributed by atoms with Crippen LogP contribution in [0.2, 0.25) is 0 Å². The summed E-state index contributed by atoms with van der Waals surface area (Å²) >= 11 is 0. The van der Waals surface area contributed by atoms with Gasteiger partial charge < -0.3 is 26.4 Å². The van der Waals surface area contributed by atoms with Gasteiger partial charge in [-0.3, -0.25) is 0 Å². The van der Waals surface area contributed by atoms with Crippen LogP contribution in [0, 0.1) is 0 Å². The normalized spacial score (nSPS) is 13.9. The lowest BCUT2D eigenvalue weighted by Crippen LogP contribution is -2.23. The summed E-state index contributed by atoms with van der Waals surface area (Å²) in [4.78, 5) is 11.6. The third-order valence-electron chi connectivity index (χ3n) is 2.74. The molecule has 0 aliphatic rings. The van der Waals surface area contributed by atoms with Gasteiger partial charge in [-0.05, 0) is 38.1 Å². The van der Waals surface area contributed by atoms with Crippen LogP contribution in [0.1, 0.15) is 35.4 Å². The van der Waals surface area contributed by atoms with Gasteiger partial charge in [0.2, 0.25) is 0 Å². The van der Waals surface area contributed by atoms with Crippen molar-refractivity contribution < 1.29 is 19.7 Å². The molecule has 1 rings (SSSR count). The Morgan fingerprint density at radius 2 is 2.11 bits per heavy atom. The highest BCUT2D eigenvalue weighted by Gasteiger charge is 2.21. The number of anilines is 1. The molecule has 0 aliphatic carbocycles. The molecule has 0 radical (unpaired) electrons. The standard InChI is InChI=1S/C13H20N2O4/c1-2-19-13(18)8-3-4-10(15)9(7-8)12(17)11(16)5-6-14/h3-4,7,11-12,16-17H,2,5-6,14-15H2,1H3. The molecule has 0 aliphatic heterocycles. The highest BCUT2D eigenvalue weighted by Crippen LogP contribution is 2.26. The molecule has 0 bridgehead atoms. The van der Waals surface area contributed by atoms with Crippen molar-refractivity contribution in [2.75, 3.05) is 18.9 Å². The lowest BCUT2D eigenvalue weighted by atomic mass is 9.98. The Kier molecular flexibility index (Phi) is 5.75. The Morgan fingerprint density at radius 1 is 1.42 bits per heavy atom. The molecular formula is C13H20N2O4. The number of benzene rings is 1. The van der Waals surface area contributed by atoms with Crippen LogP contribution in [-0.4, -0.2) is 35.4 Å². The van der Waals surface area contributed by atoms with Gasteiger partial charge >= 0.3 is 5.97 Å². The van der Waals surface area contributed by atoms with Crippen LogP contribution >= 0.6 is 0 Å². The fourth-order valence-corrected chi connectivity index (χ4v) is 1.71. The van der Waals surface area contributed by atoms with E-state index in [0.717, 1.165) is 0 Å². The van der Waals surface area contributed by atoms with Gasteiger partial charge in [-0.25, -0.2) is 4.79 Å². The number of aliphatic hydroxyl groups is 2. The molecule has 0 fully saturated rings. The maximum Gasteiger partial charge on any atom is 0.338 e. The van der Waals surface area contributed by atoms with Gasteiger partial charge in [-0.1, -0.05) is 0 Å². The van der Waals surface area contributed by atoms with Crippen LogP contribution in [0.3, 0.4) is 0 Å². The molecule has 6 heteroatoms. The minimum Gasteiger partial charge on any atom is -0.462 e. The Labute approximate surface area is 112 Å². The third-order valence-corrected chi connectivity index (χ3v) is 2.74. The highest BCUT2D eigenvalue weighted by molar-refractivity contribution is 5.90. The average molecular weight is 268 g/mol. The lowest BCUT2D eigenvalue weighted by molar-refractivity contribution is 0.0153. The topological polar surface area (TPSA) is 119 Å². The second kappa shape index (κ2) is 7.08. The van der Waals surface area contributed by atoms with Gasteiger partial charge in [0.25, 0.3) is 0 Å². The number of nitrogens with two attached hydrogens (primary N) is 2.